The molecule has 3 fully saturated rings. The van der Waals surface area contributed by atoms with Crippen molar-refractivity contribution in [3.05, 3.63) is 48.6 Å². The smallest absolute Gasteiger partial charge is 0.309 e. The summed E-state index contributed by atoms with van der Waals surface area (Å²) >= 11 is 0. The summed E-state index contributed by atoms with van der Waals surface area (Å²) in [5, 5.41) is 22.3. The number of ether oxygens (including phenoxy) is 2. The Morgan fingerprint density at radius 3 is 2.63 bits per heavy atom. The van der Waals surface area contributed by atoms with Crippen molar-refractivity contribution in [1.29, 1.82) is 0 Å². The van der Waals surface area contributed by atoms with Gasteiger partial charge in [-0.15, -0.1) is 6.58 Å². The summed E-state index contributed by atoms with van der Waals surface area (Å²) < 4.78 is 26.9. The topological polar surface area (TPSA) is 109 Å². The van der Waals surface area contributed by atoms with Crippen LogP contribution in [-0.2, 0) is 19.1 Å². The van der Waals surface area contributed by atoms with Gasteiger partial charge in [-0.1, -0.05) is 31.9 Å². The number of pyridine rings is 1. The predicted octanol–water partition coefficient (Wildman–Crippen LogP) is 4.72. The molecule has 38 heavy (non-hydrogen) atoms. The van der Waals surface area contributed by atoms with Gasteiger partial charge in [-0.25, -0.2) is 4.39 Å². The molecule has 8 heteroatoms. The number of esters is 1. The van der Waals surface area contributed by atoms with Gasteiger partial charge in [-0.05, 0) is 63.2 Å². The molecule has 0 bridgehead atoms. The van der Waals surface area contributed by atoms with E-state index in [4.69, 9.17) is 9.47 Å². The Morgan fingerprint density at radius 1 is 1.24 bits per heavy atom. The molecule has 1 spiro atoms. The van der Waals surface area contributed by atoms with Gasteiger partial charge in [0.05, 0.1) is 41.4 Å². The van der Waals surface area contributed by atoms with E-state index < -0.39 is 53.5 Å². The van der Waals surface area contributed by atoms with Gasteiger partial charge in [0, 0.05) is 18.5 Å². The summed E-state index contributed by atoms with van der Waals surface area (Å²) in [6, 6.07) is 5.12. The van der Waals surface area contributed by atoms with Crippen molar-refractivity contribution in [3.8, 4) is 0 Å². The Bertz CT molecular complexity index is 1040. The van der Waals surface area contributed by atoms with E-state index in [0.717, 1.165) is 12.8 Å². The fourth-order valence-electron chi connectivity index (χ4n) is 6.07. The number of ketones is 1. The van der Waals surface area contributed by atoms with Crippen LogP contribution in [0.5, 0.6) is 0 Å². The Hall–Kier alpha value is -2.42. The predicted molar refractivity (Wildman–Crippen MR) is 140 cm³/mol. The molecule has 2 N–H and O–H groups in total. The fraction of sp³-hybridized carbons (Fsp3) is 0.633. The van der Waals surface area contributed by atoms with E-state index in [1.54, 1.807) is 30.5 Å². The first-order valence-corrected chi connectivity index (χ1v) is 13.8. The normalized spacial score (nSPS) is 36.6. The van der Waals surface area contributed by atoms with Crippen LogP contribution < -0.4 is 0 Å². The van der Waals surface area contributed by atoms with Crippen molar-refractivity contribution in [2.45, 2.75) is 102 Å². The molecule has 3 aliphatic rings. The number of aliphatic hydroxyl groups excluding tert-OH is 2. The van der Waals surface area contributed by atoms with Gasteiger partial charge in [0.25, 0.3) is 0 Å². The molecule has 1 aromatic heterocycles. The minimum Gasteiger partial charge on any atom is -0.455 e. The number of hydrogen-bond donors (Lipinski definition) is 2. The van der Waals surface area contributed by atoms with Crippen LogP contribution in [0.15, 0.2) is 42.9 Å². The van der Waals surface area contributed by atoms with E-state index in [0.29, 0.717) is 31.4 Å². The molecule has 7 unspecified atom stereocenters. The Balaban J connectivity index is 1.61. The largest absolute Gasteiger partial charge is 0.455 e. The van der Waals surface area contributed by atoms with E-state index in [2.05, 4.69) is 11.6 Å². The number of carbonyl (C=O) groups is 2. The van der Waals surface area contributed by atoms with Gasteiger partial charge in [0.15, 0.2) is 6.10 Å². The quantitative estimate of drug-likeness (QED) is 0.330. The first-order chi connectivity index (χ1) is 18.1. The second-order valence-corrected chi connectivity index (χ2v) is 11.5. The van der Waals surface area contributed by atoms with Crippen molar-refractivity contribution < 1.29 is 33.7 Å². The van der Waals surface area contributed by atoms with Crippen molar-refractivity contribution in [2.24, 2.45) is 17.3 Å². The lowest BCUT2D eigenvalue weighted by atomic mass is 9.58. The lowest BCUT2D eigenvalue weighted by Crippen LogP contribution is -2.53. The van der Waals surface area contributed by atoms with E-state index in [-0.39, 0.29) is 30.6 Å². The third-order valence-electron chi connectivity index (χ3n) is 8.84. The molecule has 3 heterocycles. The number of rotatable bonds is 4. The van der Waals surface area contributed by atoms with E-state index in [9.17, 15) is 19.8 Å². The maximum absolute atomic E-state index is 15.4. The average molecular weight is 530 g/mol. The summed E-state index contributed by atoms with van der Waals surface area (Å²) in [5.41, 5.74) is -1.21. The van der Waals surface area contributed by atoms with Crippen molar-refractivity contribution in [1.82, 2.24) is 4.98 Å². The van der Waals surface area contributed by atoms with Crippen molar-refractivity contribution in [2.75, 3.05) is 0 Å². The zero-order chi connectivity index (χ0) is 27.5. The van der Waals surface area contributed by atoms with Crippen LogP contribution in [0.3, 0.4) is 0 Å². The minimum atomic E-state index is -1.29. The molecule has 1 aliphatic carbocycles. The molecule has 4 rings (SSSR count). The van der Waals surface area contributed by atoms with Gasteiger partial charge in [0.1, 0.15) is 11.6 Å². The molecular weight excluding hydrogens is 489 g/mol. The second-order valence-electron chi connectivity index (χ2n) is 11.5. The number of aromatic nitrogens is 1. The first kappa shape index (κ1) is 28.6. The number of halogens is 1. The van der Waals surface area contributed by atoms with Crippen LogP contribution >= 0.6 is 0 Å². The average Bonchev–Trinajstić information content (AvgIpc) is 3.49. The van der Waals surface area contributed by atoms with Crippen LogP contribution in [0.2, 0.25) is 0 Å². The summed E-state index contributed by atoms with van der Waals surface area (Å²) in [4.78, 5) is 30.9. The zero-order valence-electron chi connectivity index (χ0n) is 22.4. The Morgan fingerprint density at radius 2 is 2.00 bits per heavy atom. The van der Waals surface area contributed by atoms with E-state index in [1.165, 1.54) is 6.08 Å². The molecule has 1 aromatic rings. The van der Waals surface area contributed by atoms with Crippen LogP contribution in [0.1, 0.15) is 77.3 Å². The highest BCUT2D eigenvalue weighted by atomic mass is 19.1. The van der Waals surface area contributed by atoms with E-state index >= 15 is 4.39 Å². The van der Waals surface area contributed by atoms with Crippen LogP contribution in [0.4, 0.5) is 4.39 Å². The highest BCUT2D eigenvalue weighted by molar-refractivity contribution is 5.90. The molecule has 208 valence electrons. The number of epoxide rings is 1. The molecule has 2 aliphatic heterocycles. The van der Waals surface area contributed by atoms with Crippen molar-refractivity contribution in [3.63, 3.8) is 0 Å². The third-order valence-corrected chi connectivity index (χ3v) is 8.84. The monoisotopic (exact) mass is 529 g/mol. The molecule has 7 atom stereocenters. The van der Waals surface area contributed by atoms with Gasteiger partial charge in [-0.2, -0.15) is 0 Å². The Labute approximate surface area is 224 Å². The molecule has 7 nitrogen and oxygen atoms in total. The highest BCUT2D eigenvalue weighted by Crippen LogP contribution is 2.49. The first-order valence-electron chi connectivity index (χ1n) is 13.8. The van der Waals surface area contributed by atoms with Gasteiger partial charge in [0.2, 0.25) is 0 Å². The lowest BCUT2D eigenvalue weighted by Gasteiger charge is -2.46. The number of nitrogens with zero attached hydrogens (tertiary/aromatic N) is 1. The molecule has 0 radical (unpaired) electrons. The molecular formula is C30H40FNO6. The number of cyclic esters (lactones) is 1. The third kappa shape index (κ3) is 6.08. The van der Waals surface area contributed by atoms with Crippen molar-refractivity contribution >= 4 is 17.8 Å². The molecule has 2 saturated heterocycles. The van der Waals surface area contributed by atoms with Gasteiger partial charge in [-0.3, -0.25) is 14.6 Å². The number of aliphatic hydroxyl groups is 2. The van der Waals surface area contributed by atoms with E-state index in [1.807, 2.05) is 13.8 Å². The lowest BCUT2D eigenvalue weighted by molar-refractivity contribution is -0.162. The SMILES string of the molecule is C=CCC1C(=O)C2(CCC2)C(O)CC(=O)OC(/C(F)=C/c2ccccn2)CC2OC2(C)CCCC(C)C1O. The van der Waals surface area contributed by atoms with Gasteiger partial charge >= 0.3 is 5.97 Å². The minimum absolute atomic E-state index is 0.136. The van der Waals surface area contributed by atoms with Crippen LogP contribution in [0, 0.1) is 17.3 Å². The molecule has 1 saturated carbocycles. The summed E-state index contributed by atoms with van der Waals surface area (Å²) in [6.45, 7) is 7.65. The highest BCUT2D eigenvalue weighted by Gasteiger charge is 2.55. The van der Waals surface area contributed by atoms with Crippen LogP contribution in [-0.4, -0.2) is 57.0 Å². The Kier molecular flexibility index (Phi) is 8.85. The summed E-state index contributed by atoms with van der Waals surface area (Å²) in [5.74, 6) is -2.53. The maximum Gasteiger partial charge on any atom is 0.309 e. The summed E-state index contributed by atoms with van der Waals surface area (Å²) in [6.07, 6.45) is 4.48. The summed E-state index contributed by atoms with van der Waals surface area (Å²) in [7, 11) is 0. The zero-order valence-corrected chi connectivity index (χ0v) is 22.4. The second kappa shape index (κ2) is 11.8. The van der Waals surface area contributed by atoms with Crippen LogP contribution in [0.25, 0.3) is 6.08 Å². The fourth-order valence-corrected chi connectivity index (χ4v) is 6.07. The number of hydrogen-bond acceptors (Lipinski definition) is 7. The number of allylic oxidation sites excluding steroid dienone is 1. The number of carbonyl (C=O) groups excluding carboxylic acids is 2. The number of Topliss-reactive ketones (excluding diaryl/α,β-unsaturated/α-hetero) is 1. The molecule has 0 amide bonds. The standard InChI is InChI=1S/C30H40FNO6/c1-4-9-21-27(35)19(2)10-7-12-29(3)25(38-29)17-23(22(31)16-20-11-5-6-15-32-20)37-26(34)18-24(33)30(28(21)36)13-8-14-30/h4-6,11,15-16,19,21,23-25,27,33,35H,1,7-10,12-14,17-18H2,2-3H3/b22-16-. The molecule has 0 aromatic carbocycles. The maximum atomic E-state index is 15.4. The van der Waals surface area contributed by atoms with Gasteiger partial charge < -0.3 is 19.7 Å². The number of fused-ring (bicyclic) bond motifs is 1.